The van der Waals surface area contributed by atoms with Gasteiger partial charge in [0.1, 0.15) is 12.7 Å². The topological polar surface area (TPSA) is 58.1 Å². The van der Waals surface area contributed by atoms with Crippen molar-refractivity contribution >= 4 is 10.9 Å². The molecule has 1 N–H and O–H groups in total. The maximum atomic E-state index is 10.3. The van der Waals surface area contributed by atoms with Crippen LogP contribution in [0, 0.1) is 0 Å². The van der Waals surface area contributed by atoms with Gasteiger partial charge < -0.3 is 19.5 Å². The molecule has 3 aromatic rings. The summed E-state index contributed by atoms with van der Waals surface area (Å²) in [6.45, 7) is 8.46. The number of hydrogen-bond donors (Lipinski definition) is 1. The molecule has 32 heavy (non-hydrogen) atoms. The third kappa shape index (κ3) is 6.66. The number of hydrogen-bond acceptors (Lipinski definition) is 6. The fourth-order valence-electron chi connectivity index (χ4n) is 3.85. The van der Waals surface area contributed by atoms with Crippen molar-refractivity contribution in [3.63, 3.8) is 0 Å². The van der Waals surface area contributed by atoms with Crippen LogP contribution in [0.2, 0.25) is 0 Å². The number of likely N-dealkylation sites (N-methyl/N-ethyl adjacent to an activating group) is 1. The normalized spacial score (nSPS) is 12.5. The number of aromatic nitrogens is 1. The summed E-state index contributed by atoms with van der Waals surface area (Å²) < 4.78 is 11.4. The van der Waals surface area contributed by atoms with Crippen molar-refractivity contribution in [2.24, 2.45) is 0 Å². The highest BCUT2D eigenvalue weighted by Gasteiger charge is 2.13. The fourth-order valence-corrected chi connectivity index (χ4v) is 3.85. The monoisotopic (exact) mass is 437 g/mol. The van der Waals surface area contributed by atoms with Crippen molar-refractivity contribution in [1.82, 2.24) is 14.8 Å². The Bertz CT molecular complexity index is 991. The van der Waals surface area contributed by atoms with Gasteiger partial charge in [-0.25, -0.2) is 0 Å². The minimum atomic E-state index is -0.539. The molecule has 0 spiro atoms. The number of pyridine rings is 1. The summed E-state index contributed by atoms with van der Waals surface area (Å²) in [7, 11) is 3.75. The second-order valence-corrected chi connectivity index (χ2v) is 8.14. The van der Waals surface area contributed by atoms with E-state index in [9.17, 15) is 5.11 Å². The molecule has 0 radical (unpaired) electrons. The summed E-state index contributed by atoms with van der Waals surface area (Å²) in [6.07, 6.45) is 1.28. The molecule has 0 aliphatic carbocycles. The molecule has 1 atom stereocenters. The van der Waals surface area contributed by atoms with Crippen LogP contribution >= 0.6 is 0 Å². The van der Waals surface area contributed by atoms with Crippen LogP contribution < -0.4 is 9.47 Å². The number of rotatable bonds is 12. The summed E-state index contributed by atoms with van der Waals surface area (Å²) >= 11 is 0. The molecule has 0 fully saturated rings. The van der Waals surface area contributed by atoms with Crippen molar-refractivity contribution in [2.45, 2.75) is 33.0 Å². The molecule has 0 amide bonds. The van der Waals surface area contributed by atoms with Crippen LogP contribution in [-0.4, -0.2) is 66.4 Å². The smallest absolute Gasteiger partial charge is 0.161 e. The Hall–Kier alpha value is -2.67. The first kappa shape index (κ1) is 24.0. The molecule has 0 aliphatic heterocycles. The number of nitrogens with zero attached hydrogens (tertiary/aromatic N) is 3. The summed E-state index contributed by atoms with van der Waals surface area (Å²) in [5.74, 6) is 1.34. The number of aliphatic hydroxyl groups is 1. The highest BCUT2D eigenvalue weighted by atomic mass is 16.5. The SMILES string of the molecule is CCN(CC)CC(O)COc1ccc(CN(C)Cc2ccc3ncccc3c2)cc1OC. The van der Waals surface area contributed by atoms with E-state index >= 15 is 0 Å². The summed E-state index contributed by atoms with van der Waals surface area (Å²) in [4.78, 5) is 8.83. The van der Waals surface area contributed by atoms with Gasteiger partial charge in [-0.05, 0) is 61.6 Å². The van der Waals surface area contributed by atoms with Crippen LogP contribution in [0.5, 0.6) is 11.5 Å². The molecule has 1 aromatic heterocycles. The Morgan fingerprint density at radius 3 is 2.41 bits per heavy atom. The maximum Gasteiger partial charge on any atom is 0.161 e. The van der Waals surface area contributed by atoms with Crippen LogP contribution in [-0.2, 0) is 13.1 Å². The van der Waals surface area contributed by atoms with E-state index in [1.165, 1.54) is 5.56 Å². The largest absolute Gasteiger partial charge is 0.493 e. The van der Waals surface area contributed by atoms with Gasteiger partial charge in [0.25, 0.3) is 0 Å². The lowest BCUT2D eigenvalue weighted by atomic mass is 10.1. The van der Waals surface area contributed by atoms with E-state index in [4.69, 9.17) is 9.47 Å². The molecule has 3 rings (SSSR count). The van der Waals surface area contributed by atoms with Gasteiger partial charge in [0.05, 0.1) is 12.6 Å². The van der Waals surface area contributed by atoms with E-state index in [1.54, 1.807) is 7.11 Å². The lowest BCUT2D eigenvalue weighted by Crippen LogP contribution is -2.35. The number of aliphatic hydroxyl groups excluding tert-OH is 1. The van der Waals surface area contributed by atoms with E-state index in [2.05, 4.69) is 66.0 Å². The zero-order valence-electron chi connectivity index (χ0n) is 19.6. The van der Waals surface area contributed by atoms with Gasteiger partial charge in [0.15, 0.2) is 11.5 Å². The second-order valence-electron chi connectivity index (χ2n) is 8.14. The van der Waals surface area contributed by atoms with Crippen molar-refractivity contribution in [3.8, 4) is 11.5 Å². The van der Waals surface area contributed by atoms with Crippen molar-refractivity contribution in [2.75, 3.05) is 40.4 Å². The van der Waals surface area contributed by atoms with Gasteiger partial charge in [0, 0.05) is 31.2 Å². The lowest BCUT2D eigenvalue weighted by molar-refractivity contribution is 0.0705. The zero-order valence-corrected chi connectivity index (χ0v) is 19.6. The predicted octanol–water partition coefficient (Wildman–Crippen LogP) is 3.96. The first-order valence-corrected chi connectivity index (χ1v) is 11.2. The van der Waals surface area contributed by atoms with Gasteiger partial charge in [0.2, 0.25) is 0 Å². The quantitative estimate of drug-likeness (QED) is 0.463. The van der Waals surface area contributed by atoms with Gasteiger partial charge in [-0.3, -0.25) is 9.88 Å². The summed E-state index contributed by atoms with van der Waals surface area (Å²) in [5, 5.41) is 11.4. The third-order valence-corrected chi connectivity index (χ3v) is 5.60. The Morgan fingerprint density at radius 1 is 0.969 bits per heavy atom. The Labute approximate surface area is 191 Å². The molecule has 0 saturated carbocycles. The van der Waals surface area contributed by atoms with Crippen LogP contribution in [0.4, 0.5) is 0 Å². The molecule has 6 heteroatoms. The summed E-state index contributed by atoms with van der Waals surface area (Å²) in [5.41, 5.74) is 3.41. The highest BCUT2D eigenvalue weighted by Crippen LogP contribution is 2.29. The number of ether oxygens (including phenoxy) is 2. The highest BCUT2D eigenvalue weighted by molar-refractivity contribution is 5.78. The van der Waals surface area contributed by atoms with E-state index < -0.39 is 6.10 Å². The van der Waals surface area contributed by atoms with Crippen LogP contribution in [0.3, 0.4) is 0 Å². The minimum absolute atomic E-state index is 0.239. The fraction of sp³-hybridized carbons (Fsp3) is 0.423. The molecule has 2 aromatic carbocycles. The summed E-state index contributed by atoms with van der Waals surface area (Å²) in [6, 6.07) is 16.4. The Balaban J connectivity index is 1.58. The lowest BCUT2D eigenvalue weighted by Gasteiger charge is -2.22. The predicted molar refractivity (Wildman–Crippen MR) is 129 cm³/mol. The molecule has 1 unspecified atom stereocenters. The number of benzene rings is 2. The van der Waals surface area contributed by atoms with E-state index in [0.29, 0.717) is 18.0 Å². The third-order valence-electron chi connectivity index (χ3n) is 5.60. The van der Waals surface area contributed by atoms with Gasteiger partial charge in [-0.1, -0.05) is 32.0 Å². The first-order valence-electron chi connectivity index (χ1n) is 11.2. The minimum Gasteiger partial charge on any atom is -0.493 e. The van der Waals surface area contributed by atoms with Crippen molar-refractivity contribution < 1.29 is 14.6 Å². The number of fused-ring (bicyclic) bond motifs is 1. The maximum absolute atomic E-state index is 10.3. The average molecular weight is 438 g/mol. The Morgan fingerprint density at radius 2 is 1.69 bits per heavy atom. The molecule has 0 aliphatic rings. The zero-order chi connectivity index (χ0) is 22.9. The molecule has 0 saturated heterocycles. The molecule has 172 valence electrons. The van der Waals surface area contributed by atoms with Crippen LogP contribution in [0.1, 0.15) is 25.0 Å². The number of methoxy groups -OCH3 is 1. The van der Waals surface area contributed by atoms with Gasteiger partial charge in [-0.15, -0.1) is 0 Å². The van der Waals surface area contributed by atoms with Crippen LogP contribution in [0.25, 0.3) is 10.9 Å². The van der Waals surface area contributed by atoms with E-state index in [1.807, 2.05) is 24.4 Å². The van der Waals surface area contributed by atoms with Crippen molar-refractivity contribution in [3.05, 3.63) is 65.9 Å². The van der Waals surface area contributed by atoms with Gasteiger partial charge in [-0.2, -0.15) is 0 Å². The van der Waals surface area contributed by atoms with Crippen molar-refractivity contribution in [1.29, 1.82) is 0 Å². The molecular formula is C26H35N3O3. The molecule has 6 nitrogen and oxygen atoms in total. The molecule has 0 bridgehead atoms. The van der Waals surface area contributed by atoms with E-state index in [-0.39, 0.29) is 6.61 Å². The van der Waals surface area contributed by atoms with Crippen LogP contribution in [0.15, 0.2) is 54.7 Å². The van der Waals surface area contributed by atoms with Gasteiger partial charge >= 0.3 is 0 Å². The average Bonchev–Trinajstić information content (AvgIpc) is 2.81. The molecule has 1 heterocycles. The first-order chi connectivity index (χ1) is 15.5. The molecular weight excluding hydrogens is 402 g/mol. The second kappa shape index (κ2) is 11.8. The Kier molecular flexibility index (Phi) is 8.85. The van der Waals surface area contributed by atoms with E-state index in [0.717, 1.165) is 42.6 Å². The standard InChI is InChI=1S/C26H35N3O3/c1-5-29(6-2)18-23(30)19-32-25-12-10-21(15-26(25)31-4)17-28(3)16-20-9-11-24-22(14-20)8-7-13-27-24/h7-15,23,30H,5-6,16-19H2,1-4H3.